The van der Waals surface area contributed by atoms with Gasteiger partial charge in [0.1, 0.15) is 11.8 Å². The SMILES string of the molecule is COc1cccc(CN2c3ccc(C(N)=O)cc3NC(=O)C2c2ccccc2)c1. The molecule has 1 aliphatic heterocycles. The van der Waals surface area contributed by atoms with Crippen molar-refractivity contribution in [3.8, 4) is 5.75 Å². The van der Waals surface area contributed by atoms with E-state index >= 15 is 0 Å². The van der Waals surface area contributed by atoms with Crippen LogP contribution >= 0.6 is 0 Å². The molecule has 0 spiro atoms. The zero-order valence-corrected chi connectivity index (χ0v) is 16.0. The van der Waals surface area contributed by atoms with Gasteiger partial charge in [0.2, 0.25) is 5.91 Å². The second-order valence-electron chi connectivity index (χ2n) is 6.88. The first kappa shape index (κ1) is 18.6. The number of rotatable bonds is 5. The number of hydrogen-bond acceptors (Lipinski definition) is 4. The van der Waals surface area contributed by atoms with Crippen LogP contribution in [0.25, 0.3) is 0 Å². The van der Waals surface area contributed by atoms with Crippen molar-refractivity contribution in [1.82, 2.24) is 0 Å². The van der Waals surface area contributed by atoms with Gasteiger partial charge in [0, 0.05) is 12.1 Å². The van der Waals surface area contributed by atoms with E-state index < -0.39 is 11.9 Å². The van der Waals surface area contributed by atoms with Crippen LogP contribution in [0.5, 0.6) is 5.75 Å². The fraction of sp³-hybridized carbons (Fsp3) is 0.130. The van der Waals surface area contributed by atoms with Crippen molar-refractivity contribution in [2.24, 2.45) is 5.73 Å². The molecule has 3 aromatic carbocycles. The number of carbonyl (C=O) groups excluding carboxylic acids is 2. The largest absolute Gasteiger partial charge is 0.497 e. The van der Waals surface area contributed by atoms with Gasteiger partial charge in [-0.25, -0.2) is 0 Å². The van der Waals surface area contributed by atoms with Crippen LogP contribution in [0.1, 0.15) is 27.5 Å². The lowest BCUT2D eigenvalue weighted by atomic mass is 9.98. The molecule has 2 amide bonds. The fourth-order valence-electron chi connectivity index (χ4n) is 3.63. The lowest BCUT2D eigenvalue weighted by Crippen LogP contribution is -2.41. The minimum atomic E-state index is -0.536. The number of primary amides is 1. The number of fused-ring (bicyclic) bond motifs is 1. The number of hydrogen-bond donors (Lipinski definition) is 2. The molecule has 29 heavy (non-hydrogen) atoms. The maximum atomic E-state index is 13.1. The summed E-state index contributed by atoms with van der Waals surface area (Å²) in [6.45, 7) is 0.493. The highest BCUT2D eigenvalue weighted by Crippen LogP contribution is 2.40. The first-order valence-electron chi connectivity index (χ1n) is 9.26. The molecule has 6 heteroatoms. The van der Waals surface area contributed by atoms with Gasteiger partial charge in [-0.05, 0) is 41.5 Å². The first-order valence-corrected chi connectivity index (χ1v) is 9.26. The summed E-state index contributed by atoms with van der Waals surface area (Å²) >= 11 is 0. The van der Waals surface area contributed by atoms with E-state index in [1.807, 2.05) is 65.6 Å². The topological polar surface area (TPSA) is 84.7 Å². The van der Waals surface area contributed by atoms with E-state index in [1.54, 1.807) is 19.2 Å². The van der Waals surface area contributed by atoms with Crippen LogP contribution in [-0.2, 0) is 11.3 Å². The normalized spacial score (nSPS) is 15.4. The van der Waals surface area contributed by atoms with E-state index in [4.69, 9.17) is 10.5 Å². The summed E-state index contributed by atoms with van der Waals surface area (Å²) in [5, 5.41) is 2.93. The minimum Gasteiger partial charge on any atom is -0.497 e. The van der Waals surface area contributed by atoms with E-state index in [0.717, 1.165) is 22.6 Å². The molecule has 0 saturated heterocycles. The number of ether oxygens (including phenoxy) is 1. The molecule has 0 bridgehead atoms. The van der Waals surface area contributed by atoms with Gasteiger partial charge in [0.05, 0.1) is 18.5 Å². The lowest BCUT2D eigenvalue weighted by molar-refractivity contribution is -0.117. The summed E-state index contributed by atoms with van der Waals surface area (Å²) in [6, 6.07) is 22.0. The number of amides is 2. The zero-order chi connectivity index (χ0) is 20.4. The molecule has 0 saturated carbocycles. The first-order chi connectivity index (χ1) is 14.1. The molecule has 6 nitrogen and oxygen atoms in total. The van der Waals surface area contributed by atoms with Crippen LogP contribution in [0.3, 0.4) is 0 Å². The van der Waals surface area contributed by atoms with Crippen LogP contribution in [0.2, 0.25) is 0 Å². The lowest BCUT2D eigenvalue weighted by Gasteiger charge is -2.38. The molecular weight excluding hydrogens is 366 g/mol. The van der Waals surface area contributed by atoms with Crippen molar-refractivity contribution in [2.45, 2.75) is 12.6 Å². The quantitative estimate of drug-likeness (QED) is 0.702. The standard InChI is InChI=1S/C23H21N3O3/c1-29-18-9-5-6-15(12-18)14-26-20-11-10-17(22(24)27)13-19(20)25-23(28)21(26)16-7-3-2-4-8-16/h2-13,21H,14H2,1H3,(H2,24,27)(H,25,28). The number of nitrogens with two attached hydrogens (primary N) is 1. The Morgan fingerprint density at radius 3 is 2.59 bits per heavy atom. The zero-order valence-electron chi connectivity index (χ0n) is 16.0. The second kappa shape index (κ2) is 7.67. The molecule has 1 aliphatic rings. The summed E-state index contributed by atoms with van der Waals surface area (Å²) in [5.74, 6) is 0.0596. The highest BCUT2D eigenvalue weighted by Gasteiger charge is 2.34. The highest BCUT2D eigenvalue weighted by atomic mass is 16.5. The van der Waals surface area contributed by atoms with Crippen molar-refractivity contribution >= 4 is 23.2 Å². The molecule has 0 aromatic heterocycles. The van der Waals surface area contributed by atoms with E-state index in [1.165, 1.54) is 0 Å². The Morgan fingerprint density at radius 1 is 1.07 bits per heavy atom. The highest BCUT2D eigenvalue weighted by molar-refractivity contribution is 6.06. The maximum Gasteiger partial charge on any atom is 0.251 e. The van der Waals surface area contributed by atoms with Crippen molar-refractivity contribution in [3.63, 3.8) is 0 Å². The summed E-state index contributed by atoms with van der Waals surface area (Å²) in [6.07, 6.45) is 0. The van der Waals surface area contributed by atoms with Crippen molar-refractivity contribution in [3.05, 3.63) is 89.5 Å². The van der Waals surface area contributed by atoms with Crippen molar-refractivity contribution < 1.29 is 14.3 Å². The van der Waals surface area contributed by atoms with E-state index in [0.29, 0.717) is 17.8 Å². The van der Waals surface area contributed by atoms with Gasteiger partial charge in [-0.1, -0.05) is 42.5 Å². The van der Waals surface area contributed by atoms with Gasteiger partial charge in [0.25, 0.3) is 5.91 Å². The molecule has 0 fully saturated rings. The Morgan fingerprint density at radius 2 is 1.86 bits per heavy atom. The van der Waals surface area contributed by atoms with E-state index in [-0.39, 0.29) is 5.91 Å². The molecule has 3 N–H and O–H groups in total. The Kier molecular flexibility index (Phi) is 4.91. The van der Waals surface area contributed by atoms with Crippen molar-refractivity contribution in [2.75, 3.05) is 17.3 Å². The fourth-order valence-corrected chi connectivity index (χ4v) is 3.63. The van der Waals surface area contributed by atoms with Gasteiger partial charge in [-0.2, -0.15) is 0 Å². The Labute approximate surface area is 168 Å². The smallest absolute Gasteiger partial charge is 0.251 e. The van der Waals surface area contributed by atoms with E-state index in [2.05, 4.69) is 5.32 Å². The number of nitrogens with zero attached hydrogens (tertiary/aromatic N) is 1. The molecule has 3 aromatic rings. The number of nitrogens with one attached hydrogen (secondary N) is 1. The monoisotopic (exact) mass is 387 g/mol. The molecule has 0 aliphatic carbocycles. The average molecular weight is 387 g/mol. The van der Waals surface area contributed by atoms with Crippen LogP contribution < -0.4 is 20.7 Å². The van der Waals surface area contributed by atoms with Crippen LogP contribution in [-0.4, -0.2) is 18.9 Å². The van der Waals surface area contributed by atoms with Gasteiger partial charge in [-0.15, -0.1) is 0 Å². The van der Waals surface area contributed by atoms with Crippen molar-refractivity contribution in [1.29, 1.82) is 0 Å². The van der Waals surface area contributed by atoms with Crippen LogP contribution in [0.15, 0.2) is 72.8 Å². The molecule has 4 rings (SSSR count). The number of benzene rings is 3. The molecule has 146 valence electrons. The summed E-state index contributed by atoms with van der Waals surface area (Å²) < 4.78 is 5.34. The Bertz CT molecular complexity index is 1070. The summed E-state index contributed by atoms with van der Waals surface area (Å²) in [7, 11) is 1.63. The van der Waals surface area contributed by atoms with Crippen LogP contribution in [0, 0.1) is 0 Å². The second-order valence-corrected chi connectivity index (χ2v) is 6.88. The predicted octanol–water partition coefficient (Wildman–Crippen LogP) is 3.49. The Balaban J connectivity index is 1.81. The van der Waals surface area contributed by atoms with Gasteiger partial charge < -0.3 is 20.7 Å². The third kappa shape index (κ3) is 3.65. The van der Waals surface area contributed by atoms with E-state index in [9.17, 15) is 9.59 Å². The summed E-state index contributed by atoms with van der Waals surface area (Å²) in [4.78, 5) is 26.7. The molecular formula is C23H21N3O3. The number of carbonyl (C=O) groups is 2. The average Bonchev–Trinajstić information content (AvgIpc) is 2.74. The summed E-state index contributed by atoms with van der Waals surface area (Å²) in [5.41, 5.74) is 9.05. The maximum absolute atomic E-state index is 13.1. The Hall–Kier alpha value is -3.80. The van der Waals surface area contributed by atoms with Gasteiger partial charge in [0.15, 0.2) is 0 Å². The predicted molar refractivity (Wildman–Crippen MR) is 112 cm³/mol. The van der Waals surface area contributed by atoms with Gasteiger partial charge in [-0.3, -0.25) is 9.59 Å². The van der Waals surface area contributed by atoms with Gasteiger partial charge >= 0.3 is 0 Å². The number of anilines is 2. The number of methoxy groups -OCH3 is 1. The molecule has 1 heterocycles. The van der Waals surface area contributed by atoms with Crippen LogP contribution in [0.4, 0.5) is 11.4 Å². The third-order valence-corrected chi connectivity index (χ3v) is 5.01. The molecule has 1 unspecified atom stereocenters. The molecule has 1 atom stereocenters. The minimum absolute atomic E-state index is 0.159. The molecule has 0 radical (unpaired) electrons. The third-order valence-electron chi connectivity index (χ3n) is 5.01.